The first-order chi connectivity index (χ1) is 16.8. The second-order valence-corrected chi connectivity index (χ2v) is 8.90. The lowest BCUT2D eigenvalue weighted by molar-refractivity contribution is -0.0443. The Hall–Kier alpha value is -2.74. The highest BCUT2D eigenvalue weighted by atomic mass is 16.7. The van der Waals surface area contributed by atoms with Crippen LogP contribution in [-0.4, -0.2) is 32.5 Å². The lowest BCUT2D eigenvalue weighted by atomic mass is 9.97. The van der Waals surface area contributed by atoms with E-state index in [0.29, 0.717) is 26.4 Å². The first-order valence-electron chi connectivity index (χ1n) is 12.0. The van der Waals surface area contributed by atoms with Crippen molar-refractivity contribution in [3.63, 3.8) is 0 Å². The molecule has 3 fully saturated rings. The molecule has 34 heavy (non-hydrogen) atoms. The van der Waals surface area contributed by atoms with Gasteiger partial charge in [-0.3, -0.25) is 9.90 Å². The summed E-state index contributed by atoms with van der Waals surface area (Å²) in [5, 5.41) is 2.08. The Morgan fingerprint density at radius 1 is 0.618 bits per heavy atom. The lowest BCUT2D eigenvalue weighted by Gasteiger charge is -2.25. The smallest absolute Gasteiger partial charge is 0.184 e. The number of hydrogen-bond donors (Lipinski definition) is 0. The Kier molecular flexibility index (Phi) is 6.31. The number of hydroxylamine groups is 1. The van der Waals surface area contributed by atoms with Crippen molar-refractivity contribution in [1.29, 1.82) is 0 Å². The first-order valence-corrected chi connectivity index (χ1v) is 12.0. The van der Waals surface area contributed by atoms with E-state index in [4.69, 9.17) is 23.8 Å². The second kappa shape index (κ2) is 9.86. The van der Waals surface area contributed by atoms with Crippen LogP contribution in [0.15, 0.2) is 78.9 Å². The average molecular weight is 460 g/mol. The van der Waals surface area contributed by atoms with Crippen molar-refractivity contribution in [1.82, 2.24) is 0 Å². The monoisotopic (exact) mass is 459 g/mol. The van der Waals surface area contributed by atoms with E-state index in [9.17, 15) is 0 Å². The molecule has 3 heterocycles. The summed E-state index contributed by atoms with van der Waals surface area (Å²) in [6.07, 6.45) is 1.30. The molecule has 2 atom stereocenters. The molecule has 0 unspecified atom stereocenters. The van der Waals surface area contributed by atoms with E-state index in [1.54, 1.807) is 0 Å². The van der Waals surface area contributed by atoms with Gasteiger partial charge in [0.05, 0.1) is 38.2 Å². The van der Waals surface area contributed by atoms with Crippen molar-refractivity contribution in [2.75, 3.05) is 31.5 Å². The molecule has 6 heteroatoms. The van der Waals surface area contributed by atoms with E-state index in [1.165, 1.54) is 11.1 Å². The topological polar surface area (TPSA) is 49.4 Å². The first kappa shape index (κ1) is 21.8. The highest BCUT2D eigenvalue weighted by molar-refractivity contribution is 5.48. The van der Waals surface area contributed by atoms with Gasteiger partial charge in [0, 0.05) is 17.5 Å². The van der Waals surface area contributed by atoms with Gasteiger partial charge >= 0.3 is 0 Å². The highest BCUT2D eigenvalue weighted by Crippen LogP contribution is 2.38. The largest absolute Gasteiger partial charge is 0.346 e. The quantitative estimate of drug-likeness (QED) is 0.500. The summed E-state index contributed by atoms with van der Waals surface area (Å²) in [5.74, 6) is 0. The SMILES string of the molecule is c1ccc([C@H]2C[C@@H](Cc3ccc(C4OCCO4)cc3)N(c3ccc(C4OCCO4)cc3)O2)cc1. The third kappa shape index (κ3) is 4.60. The van der Waals surface area contributed by atoms with Crippen molar-refractivity contribution < 1.29 is 23.8 Å². The standard InChI is InChI=1S/C28H29NO5/c1-2-4-21(5-3-1)26-19-25(18-20-6-8-22(9-7-20)27-30-14-15-31-27)29(34-26)24-12-10-23(11-13-24)28-32-16-17-33-28/h1-13,25-28H,14-19H2/t25-,26-/m1/s1. The summed E-state index contributed by atoms with van der Waals surface area (Å²) in [6, 6.07) is 27.5. The summed E-state index contributed by atoms with van der Waals surface area (Å²) < 4.78 is 22.5. The van der Waals surface area contributed by atoms with Gasteiger partial charge in [0.2, 0.25) is 0 Å². The molecule has 176 valence electrons. The predicted molar refractivity (Wildman–Crippen MR) is 127 cm³/mol. The Bertz CT molecular complexity index is 1060. The van der Waals surface area contributed by atoms with Crippen LogP contribution >= 0.6 is 0 Å². The molecule has 0 amide bonds. The minimum atomic E-state index is -0.271. The van der Waals surface area contributed by atoms with Crippen LogP contribution in [0, 0.1) is 0 Å². The van der Waals surface area contributed by atoms with E-state index >= 15 is 0 Å². The molecule has 0 aliphatic carbocycles. The van der Waals surface area contributed by atoms with Crippen LogP contribution < -0.4 is 5.06 Å². The third-order valence-corrected chi connectivity index (χ3v) is 6.62. The maximum Gasteiger partial charge on any atom is 0.184 e. The van der Waals surface area contributed by atoms with Crippen LogP contribution in [-0.2, 0) is 30.2 Å². The fourth-order valence-electron chi connectivity index (χ4n) is 4.87. The molecule has 0 aromatic heterocycles. The van der Waals surface area contributed by atoms with Crippen LogP contribution in [0.5, 0.6) is 0 Å². The molecule has 0 bridgehead atoms. The molecule has 3 saturated heterocycles. The predicted octanol–water partition coefficient (Wildman–Crippen LogP) is 5.27. The Labute approximate surface area is 199 Å². The van der Waals surface area contributed by atoms with E-state index in [1.807, 2.05) is 6.07 Å². The van der Waals surface area contributed by atoms with Crippen molar-refractivity contribution in [2.45, 2.75) is 37.6 Å². The molecule has 3 aliphatic rings. The van der Waals surface area contributed by atoms with Crippen molar-refractivity contribution in [3.8, 4) is 0 Å². The van der Waals surface area contributed by atoms with Crippen LogP contribution in [0.3, 0.4) is 0 Å². The normalized spacial score (nSPS) is 23.7. The van der Waals surface area contributed by atoms with Crippen LogP contribution in [0.4, 0.5) is 5.69 Å². The molecular weight excluding hydrogens is 430 g/mol. The molecule has 6 rings (SSSR count). The van der Waals surface area contributed by atoms with E-state index < -0.39 is 0 Å². The van der Waals surface area contributed by atoms with Crippen molar-refractivity contribution in [2.24, 2.45) is 0 Å². The number of ether oxygens (including phenoxy) is 4. The second-order valence-electron chi connectivity index (χ2n) is 8.90. The average Bonchev–Trinajstić information content (AvgIpc) is 3.68. The van der Waals surface area contributed by atoms with Crippen LogP contribution in [0.2, 0.25) is 0 Å². The summed E-state index contributed by atoms with van der Waals surface area (Å²) in [7, 11) is 0. The Balaban J connectivity index is 1.22. The Morgan fingerprint density at radius 3 is 1.76 bits per heavy atom. The molecule has 3 aliphatic heterocycles. The van der Waals surface area contributed by atoms with Gasteiger partial charge in [-0.2, -0.15) is 0 Å². The molecule has 3 aromatic carbocycles. The van der Waals surface area contributed by atoms with Gasteiger partial charge < -0.3 is 18.9 Å². The zero-order valence-corrected chi connectivity index (χ0v) is 19.0. The molecule has 6 nitrogen and oxygen atoms in total. The molecule has 0 radical (unpaired) electrons. The Morgan fingerprint density at radius 2 is 1.18 bits per heavy atom. The molecular formula is C28H29NO5. The number of nitrogens with zero attached hydrogens (tertiary/aromatic N) is 1. The van der Waals surface area contributed by atoms with Crippen molar-refractivity contribution in [3.05, 3.63) is 101 Å². The third-order valence-electron chi connectivity index (χ3n) is 6.62. The van der Waals surface area contributed by atoms with E-state index in [0.717, 1.165) is 29.7 Å². The molecule has 0 N–H and O–H groups in total. The molecule has 0 saturated carbocycles. The summed E-state index contributed by atoms with van der Waals surface area (Å²) in [6.45, 7) is 2.58. The van der Waals surface area contributed by atoms with Gasteiger partial charge in [-0.25, -0.2) is 0 Å². The van der Waals surface area contributed by atoms with Crippen LogP contribution in [0.1, 0.15) is 47.4 Å². The molecule has 3 aromatic rings. The van der Waals surface area contributed by atoms with Gasteiger partial charge in [0.1, 0.15) is 6.10 Å². The van der Waals surface area contributed by atoms with Gasteiger partial charge in [0.15, 0.2) is 12.6 Å². The maximum absolute atomic E-state index is 6.52. The highest BCUT2D eigenvalue weighted by Gasteiger charge is 2.35. The van der Waals surface area contributed by atoms with Crippen LogP contribution in [0.25, 0.3) is 0 Å². The zero-order chi connectivity index (χ0) is 22.7. The fourth-order valence-corrected chi connectivity index (χ4v) is 4.87. The number of hydrogen-bond acceptors (Lipinski definition) is 6. The lowest BCUT2D eigenvalue weighted by Crippen LogP contribution is -2.29. The fraction of sp³-hybridized carbons (Fsp3) is 0.357. The minimum Gasteiger partial charge on any atom is -0.346 e. The van der Waals surface area contributed by atoms with Gasteiger partial charge in [-0.05, 0) is 29.7 Å². The number of benzene rings is 3. The van der Waals surface area contributed by atoms with Crippen molar-refractivity contribution >= 4 is 5.69 Å². The summed E-state index contributed by atoms with van der Waals surface area (Å²) >= 11 is 0. The maximum atomic E-state index is 6.52. The van der Waals surface area contributed by atoms with Gasteiger partial charge in [0.25, 0.3) is 0 Å². The summed E-state index contributed by atoms with van der Waals surface area (Å²) in [4.78, 5) is 6.52. The van der Waals surface area contributed by atoms with E-state index in [2.05, 4.69) is 77.9 Å². The van der Waals surface area contributed by atoms with E-state index in [-0.39, 0.29) is 24.7 Å². The zero-order valence-electron chi connectivity index (χ0n) is 19.0. The van der Waals surface area contributed by atoms with Gasteiger partial charge in [-0.15, -0.1) is 0 Å². The number of rotatable bonds is 6. The number of anilines is 1. The van der Waals surface area contributed by atoms with Gasteiger partial charge in [-0.1, -0.05) is 66.7 Å². The minimum absolute atomic E-state index is 0.0203. The molecule has 0 spiro atoms. The summed E-state index contributed by atoms with van der Waals surface area (Å²) in [5.41, 5.74) is 5.59.